The van der Waals surface area contributed by atoms with Crippen LogP contribution in [0.5, 0.6) is 0 Å². The van der Waals surface area contributed by atoms with Crippen LogP contribution in [0.4, 0.5) is 4.39 Å². The minimum Gasteiger partial charge on any atom is -0.457 e. The molecule has 0 aliphatic heterocycles. The largest absolute Gasteiger partial charge is 0.457 e. The number of nitrogens with zero attached hydrogens (tertiary/aromatic N) is 1. The van der Waals surface area contributed by atoms with E-state index < -0.39 is 27.4 Å². The Labute approximate surface area is 132 Å². The first-order valence-electron chi connectivity index (χ1n) is 6.58. The van der Waals surface area contributed by atoms with Gasteiger partial charge in [-0.25, -0.2) is 22.3 Å². The van der Waals surface area contributed by atoms with E-state index in [4.69, 9.17) is 9.26 Å². The van der Waals surface area contributed by atoms with Crippen LogP contribution in [-0.4, -0.2) is 26.6 Å². The van der Waals surface area contributed by atoms with Crippen molar-refractivity contribution in [2.24, 2.45) is 0 Å². The van der Waals surface area contributed by atoms with Gasteiger partial charge in [0.05, 0.1) is 21.7 Å². The average Bonchev–Trinajstić information content (AvgIpc) is 2.84. The summed E-state index contributed by atoms with van der Waals surface area (Å²) in [6, 6.07) is 2.89. The van der Waals surface area contributed by atoms with Crippen LogP contribution >= 0.6 is 0 Å². The van der Waals surface area contributed by atoms with Crippen molar-refractivity contribution < 1.29 is 26.9 Å². The summed E-state index contributed by atoms with van der Waals surface area (Å²) in [4.78, 5) is 11.8. The van der Waals surface area contributed by atoms with E-state index in [9.17, 15) is 17.6 Å². The summed E-state index contributed by atoms with van der Waals surface area (Å²) in [7, 11) is -2.58. The van der Waals surface area contributed by atoms with Gasteiger partial charge in [-0.15, -0.1) is 0 Å². The monoisotopic (exact) mass is 342 g/mol. The van der Waals surface area contributed by atoms with Gasteiger partial charge in [0.2, 0.25) is 10.0 Å². The maximum Gasteiger partial charge on any atom is 0.341 e. The highest BCUT2D eigenvalue weighted by molar-refractivity contribution is 7.89. The van der Waals surface area contributed by atoms with E-state index in [1.807, 2.05) is 0 Å². The van der Waals surface area contributed by atoms with Gasteiger partial charge in [-0.1, -0.05) is 5.16 Å². The molecule has 1 aromatic carbocycles. The molecule has 0 saturated carbocycles. The number of rotatable bonds is 5. The first kappa shape index (κ1) is 17.1. The van der Waals surface area contributed by atoms with E-state index in [1.54, 1.807) is 13.8 Å². The number of esters is 1. The molecule has 0 aliphatic rings. The summed E-state index contributed by atoms with van der Waals surface area (Å²) in [5.41, 5.74) is 0.674. The quantitative estimate of drug-likeness (QED) is 0.830. The molecule has 0 fully saturated rings. The molecule has 0 aliphatic carbocycles. The van der Waals surface area contributed by atoms with Crippen LogP contribution < -0.4 is 4.72 Å². The second-order valence-corrected chi connectivity index (χ2v) is 6.61. The molecule has 0 radical (unpaired) electrons. The van der Waals surface area contributed by atoms with Crippen LogP contribution in [0.25, 0.3) is 0 Å². The third-order valence-electron chi connectivity index (χ3n) is 3.27. The van der Waals surface area contributed by atoms with Gasteiger partial charge in [0.25, 0.3) is 0 Å². The number of aryl methyl sites for hydroxylation is 2. The number of halogens is 1. The first-order chi connectivity index (χ1) is 10.8. The molecule has 2 aromatic rings. The molecule has 1 aromatic heterocycles. The van der Waals surface area contributed by atoms with Gasteiger partial charge in [-0.05, 0) is 39.1 Å². The van der Waals surface area contributed by atoms with E-state index in [0.29, 0.717) is 17.0 Å². The standard InChI is InChI=1S/C14H15FN2O5S/c1-8-12(9(2)22-17-8)7-21-14(18)11-6-10(4-5-13(11)15)23(19,20)16-3/h4-6,16H,7H2,1-3H3. The summed E-state index contributed by atoms with van der Waals surface area (Å²) in [6.07, 6.45) is 0. The van der Waals surface area contributed by atoms with Crippen molar-refractivity contribution in [3.05, 3.63) is 46.6 Å². The Hall–Kier alpha value is -2.26. The van der Waals surface area contributed by atoms with Gasteiger partial charge in [0.1, 0.15) is 18.2 Å². The number of benzene rings is 1. The zero-order chi connectivity index (χ0) is 17.2. The predicted molar refractivity (Wildman–Crippen MR) is 77.7 cm³/mol. The number of nitrogens with one attached hydrogen (secondary N) is 1. The lowest BCUT2D eigenvalue weighted by molar-refractivity contribution is 0.0465. The highest BCUT2D eigenvalue weighted by atomic mass is 32.2. The van der Waals surface area contributed by atoms with Crippen LogP contribution in [0.2, 0.25) is 0 Å². The number of sulfonamides is 1. The Morgan fingerprint density at radius 3 is 2.65 bits per heavy atom. The van der Waals surface area contributed by atoms with Crippen molar-refractivity contribution >= 4 is 16.0 Å². The Kier molecular flexibility index (Phi) is 4.81. The number of carbonyl (C=O) groups excluding carboxylic acids is 1. The van der Waals surface area contributed by atoms with E-state index in [0.717, 1.165) is 18.2 Å². The number of aromatic nitrogens is 1. The lowest BCUT2D eigenvalue weighted by Gasteiger charge is -2.08. The highest BCUT2D eigenvalue weighted by Gasteiger charge is 2.20. The van der Waals surface area contributed by atoms with Crippen LogP contribution in [0, 0.1) is 19.7 Å². The van der Waals surface area contributed by atoms with Gasteiger partial charge in [-0.3, -0.25) is 0 Å². The van der Waals surface area contributed by atoms with Crippen molar-refractivity contribution in [2.45, 2.75) is 25.3 Å². The van der Waals surface area contributed by atoms with Crippen molar-refractivity contribution in [3.63, 3.8) is 0 Å². The van der Waals surface area contributed by atoms with Crippen LogP contribution in [0.3, 0.4) is 0 Å². The fourth-order valence-electron chi connectivity index (χ4n) is 1.87. The minimum atomic E-state index is -3.79. The molecule has 0 atom stereocenters. The molecular formula is C14H15FN2O5S. The van der Waals surface area contributed by atoms with E-state index in [2.05, 4.69) is 9.88 Å². The fraction of sp³-hybridized carbons (Fsp3) is 0.286. The number of ether oxygens (including phenoxy) is 1. The SMILES string of the molecule is CNS(=O)(=O)c1ccc(F)c(C(=O)OCc2c(C)noc2C)c1. The number of hydrogen-bond acceptors (Lipinski definition) is 6. The Bertz CT molecular complexity index is 825. The molecular weight excluding hydrogens is 327 g/mol. The Morgan fingerprint density at radius 1 is 1.39 bits per heavy atom. The minimum absolute atomic E-state index is 0.150. The number of carbonyl (C=O) groups is 1. The molecule has 0 unspecified atom stereocenters. The molecule has 1 N–H and O–H groups in total. The Morgan fingerprint density at radius 2 is 2.09 bits per heavy atom. The maximum absolute atomic E-state index is 13.8. The third kappa shape index (κ3) is 3.57. The van der Waals surface area contributed by atoms with E-state index in [1.165, 1.54) is 7.05 Å². The smallest absolute Gasteiger partial charge is 0.341 e. The second-order valence-electron chi connectivity index (χ2n) is 4.73. The van der Waals surface area contributed by atoms with Crippen LogP contribution in [0.15, 0.2) is 27.6 Å². The fourth-order valence-corrected chi connectivity index (χ4v) is 2.63. The van der Waals surface area contributed by atoms with Crippen LogP contribution in [-0.2, 0) is 21.4 Å². The van der Waals surface area contributed by atoms with Crippen molar-refractivity contribution in [1.82, 2.24) is 9.88 Å². The number of hydrogen-bond donors (Lipinski definition) is 1. The summed E-state index contributed by atoms with van der Waals surface area (Å²) < 4.78 is 49.3. The molecule has 23 heavy (non-hydrogen) atoms. The average molecular weight is 342 g/mol. The third-order valence-corrected chi connectivity index (χ3v) is 4.68. The molecule has 0 spiro atoms. The molecule has 7 nitrogen and oxygen atoms in total. The molecule has 0 saturated heterocycles. The van der Waals surface area contributed by atoms with Gasteiger partial charge in [-0.2, -0.15) is 0 Å². The van der Waals surface area contributed by atoms with Crippen molar-refractivity contribution in [3.8, 4) is 0 Å². The lowest BCUT2D eigenvalue weighted by atomic mass is 10.2. The topological polar surface area (TPSA) is 98.5 Å². The summed E-state index contributed by atoms with van der Waals surface area (Å²) in [5, 5.41) is 3.71. The molecule has 1 heterocycles. The summed E-state index contributed by atoms with van der Waals surface area (Å²) >= 11 is 0. The second kappa shape index (κ2) is 6.47. The first-order valence-corrected chi connectivity index (χ1v) is 8.06. The maximum atomic E-state index is 13.8. The van der Waals surface area contributed by atoms with E-state index >= 15 is 0 Å². The zero-order valence-electron chi connectivity index (χ0n) is 12.7. The Balaban J connectivity index is 2.24. The summed E-state index contributed by atoms with van der Waals surface area (Å²) in [6.45, 7) is 3.19. The van der Waals surface area contributed by atoms with Crippen molar-refractivity contribution in [1.29, 1.82) is 0 Å². The lowest BCUT2D eigenvalue weighted by Crippen LogP contribution is -2.19. The normalized spacial score (nSPS) is 11.5. The van der Waals surface area contributed by atoms with Gasteiger partial charge < -0.3 is 9.26 Å². The van der Waals surface area contributed by atoms with Gasteiger partial charge in [0.15, 0.2) is 0 Å². The molecule has 9 heteroatoms. The molecule has 0 amide bonds. The highest BCUT2D eigenvalue weighted by Crippen LogP contribution is 2.18. The van der Waals surface area contributed by atoms with E-state index in [-0.39, 0.29) is 11.5 Å². The predicted octanol–water partition coefficient (Wildman–Crippen LogP) is 1.70. The molecule has 124 valence electrons. The molecule has 0 bridgehead atoms. The van der Waals surface area contributed by atoms with Crippen LogP contribution in [0.1, 0.15) is 27.4 Å². The zero-order valence-corrected chi connectivity index (χ0v) is 13.5. The van der Waals surface area contributed by atoms with Crippen molar-refractivity contribution in [2.75, 3.05) is 7.05 Å². The summed E-state index contributed by atoms with van der Waals surface area (Å²) in [5.74, 6) is -1.36. The van der Waals surface area contributed by atoms with Gasteiger partial charge >= 0.3 is 5.97 Å². The molecule has 2 rings (SSSR count). The van der Waals surface area contributed by atoms with Gasteiger partial charge in [0, 0.05) is 0 Å².